The van der Waals surface area contributed by atoms with Crippen LogP contribution in [-0.2, 0) is 14.4 Å². The van der Waals surface area contributed by atoms with Crippen molar-refractivity contribution in [3.05, 3.63) is 12.7 Å². The molecule has 0 saturated carbocycles. The molecule has 21 heavy (non-hydrogen) atoms. The molecule has 0 aliphatic heterocycles. The maximum atomic E-state index is 12.1. The van der Waals surface area contributed by atoms with E-state index in [2.05, 4.69) is 17.2 Å². The second kappa shape index (κ2) is 11.1. The molecule has 5 nitrogen and oxygen atoms in total. The zero-order valence-corrected chi connectivity index (χ0v) is 13.4. The van der Waals surface area contributed by atoms with E-state index in [0.717, 1.165) is 25.7 Å². The summed E-state index contributed by atoms with van der Waals surface area (Å²) in [5.41, 5.74) is 0. The van der Waals surface area contributed by atoms with Gasteiger partial charge in [0.15, 0.2) is 0 Å². The highest BCUT2D eigenvalue weighted by atomic mass is 16.2. The third-order valence-corrected chi connectivity index (χ3v) is 3.45. The van der Waals surface area contributed by atoms with Crippen molar-refractivity contribution in [3.63, 3.8) is 0 Å². The first kappa shape index (κ1) is 19.4. The van der Waals surface area contributed by atoms with Crippen LogP contribution in [0.5, 0.6) is 0 Å². The van der Waals surface area contributed by atoms with Gasteiger partial charge in [-0.2, -0.15) is 0 Å². The topological polar surface area (TPSA) is 75.3 Å². The van der Waals surface area contributed by atoms with Gasteiger partial charge in [0, 0.05) is 6.42 Å². The molecule has 120 valence electrons. The largest absolute Gasteiger partial charge is 0.345 e. The van der Waals surface area contributed by atoms with E-state index >= 15 is 0 Å². The molecule has 0 aliphatic rings. The van der Waals surface area contributed by atoms with Crippen molar-refractivity contribution < 1.29 is 14.4 Å². The van der Waals surface area contributed by atoms with Crippen LogP contribution in [0.3, 0.4) is 0 Å². The minimum Gasteiger partial charge on any atom is -0.345 e. The van der Waals surface area contributed by atoms with Crippen LogP contribution in [0.2, 0.25) is 0 Å². The number of hydrogen-bond donors (Lipinski definition) is 2. The van der Waals surface area contributed by atoms with Crippen molar-refractivity contribution >= 4 is 18.1 Å². The molecule has 0 aromatic rings. The Hall–Kier alpha value is -1.65. The lowest BCUT2D eigenvalue weighted by Gasteiger charge is -2.24. The van der Waals surface area contributed by atoms with E-state index in [1.165, 1.54) is 0 Å². The average molecular weight is 296 g/mol. The van der Waals surface area contributed by atoms with E-state index in [1.54, 1.807) is 6.92 Å². The highest BCUT2D eigenvalue weighted by Gasteiger charge is 2.26. The molecule has 0 rings (SSSR count). The standard InChI is InChI=1S/C16H28N2O3/c1-5-7-8-9-10-14(20)18-15(12(3)6-2)16(21)17-13(4)11-19/h5,11-13,15H,1,6-10H2,2-4H3,(H,17,21)(H,18,20)/t12-,13-,15-/m0/s1. The molecule has 0 unspecified atom stereocenters. The summed E-state index contributed by atoms with van der Waals surface area (Å²) in [6.07, 6.45) is 6.24. The highest BCUT2D eigenvalue weighted by molar-refractivity contribution is 5.89. The number of carbonyl (C=O) groups is 3. The van der Waals surface area contributed by atoms with Crippen LogP contribution < -0.4 is 10.6 Å². The number of hydrogen-bond acceptors (Lipinski definition) is 3. The normalized spacial score (nSPS) is 14.6. The number of amides is 2. The number of unbranched alkanes of at least 4 members (excludes halogenated alkanes) is 2. The van der Waals surface area contributed by atoms with Crippen LogP contribution in [0.4, 0.5) is 0 Å². The maximum Gasteiger partial charge on any atom is 0.243 e. The third-order valence-electron chi connectivity index (χ3n) is 3.45. The summed E-state index contributed by atoms with van der Waals surface area (Å²) in [5.74, 6) is -0.414. The number of carbonyl (C=O) groups excluding carboxylic acids is 3. The summed E-state index contributed by atoms with van der Waals surface area (Å²) in [4.78, 5) is 34.7. The zero-order valence-electron chi connectivity index (χ0n) is 13.4. The molecule has 0 heterocycles. The summed E-state index contributed by atoms with van der Waals surface area (Å²) in [6, 6.07) is -1.14. The molecule has 3 atom stereocenters. The van der Waals surface area contributed by atoms with Gasteiger partial charge in [-0.25, -0.2) is 0 Å². The van der Waals surface area contributed by atoms with Gasteiger partial charge in [-0.1, -0.05) is 26.3 Å². The van der Waals surface area contributed by atoms with Gasteiger partial charge in [0.1, 0.15) is 12.3 Å². The SMILES string of the molecule is C=CCCCCC(=O)N[C@H](C(=O)N[C@@H](C)C=O)[C@@H](C)CC. The Morgan fingerprint density at radius 2 is 1.86 bits per heavy atom. The Balaban J connectivity index is 4.47. The second-order valence-electron chi connectivity index (χ2n) is 5.40. The molecule has 0 aliphatic carbocycles. The van der Waals surface area contributed by atoms with Crippen LogP contribution in [-0.4, -0.2) is 30.2 Å². The smallest absolute Gasteiger partial charge is 0.243 e. The molecule has 0 radical (unpaired) electrons. The fourth-order valence-corrected chi connectivity index (χ4v) is 1.87. The molecule has 0 aromatic heterocycles. The van der Waals surface area contributed by atoms with Crippen LogP contribution in [0.1, 0.15) is 52.9 Å². The van der Waals surface area contributed by atoms with Gasteiger partial charge in [-0.05, 0) is 32.1 Å². The zero-order chi connectivity index (χ0) is 16.3. The van der Waals surface area contributed by atoms with Crippen LogP contribution in [0.15, 0.2) is 12.7 Å². The van der Waals surface area contributed by atoms with Crippen LogP contribution in [0, 0.1) is 5.92 Å². The average Bonchev–Trinajstić information content (AvgIpc) is 2.48. The van der Waals surface area contributed by atoms with Gasteiger partial charge in [0.05, 0.1) is 6.04 Å². The molecule has 2 amide bonds. The van der Waals surface area contributed by atoms with Gasteiger partial charge in [-0.3, -0.25) is 9.59 Å². The van der Waals surface area contributed by atoms with Crippen molar-refractivity contribution in [1.29, 1.82) is 0 Å². The Morgan fingerprint density at radius 1 is 1.19 bits per heavy atom. The predicted octanol–water partition coefficient (Wildman–Crippen LogP) is 1.97. The van der Waals surface area contributed by atoms with Crippen molar-refractivity contribution in [2.24, 2.45) is 5.92 Å². The molecular weight excluding hydrogens is 268 g/mol. The number of allylic oxidation sites excluding steroid dienone is 1. The minimum absolute atomic E-state index is 0.0148. The monoisotopic (exact) mass is 296 g/mol. The number of aldehydes is 1. The van der Waals surface area contributed by atoms with E-state index in [-0.39, 0.29) is 17.7 Å². The fraction of sp³-hybridized carbons (Fsp3) is 0.688. The quantitative estimate of drug-likeness (QED) is 0.348. The first-order valence-corrected chi connectivity index (χ1v) is 7.62. The van der Waals surface area contributed by atoms with E-state index in [4.69, 9.17) is 0 Å². The molecule has 0 bridgehead atoms. The first-order valence-electron chi connectivity index (χ1n) is 7.62. The van der Waals surface area contributed by atoms with Gasteiger partial charge in [0.2, 0.25) is 11.8 Å². The summed E-state index contributed by atoms with van der Waals surface area (Å²) in [7, 11) is 0. The van der Waals surface area contributed by atoms with Gasteiger partial charge < -0.3 is 15.4 Å². The lowest BCUT2D eigenvalue weighted by atomic mass is 9.97. The van der Waals surface area contributed by atoms with E-state index in [0.29, 0.717) is 12.7 Å². The summed E-state index contributed by atoms with van der Waals surface area (Å²) >= 11 is 0. The summed E-state index contributed by atoms with van der Waals surface area (Å²) < 4.78 is 0. The fourth-order valence-electron chi connectivity index (χ4n) is 1.87. The van der Waals surface area contributed by atoms with Crippen molar-refractivity contribution in [3.8, 4) is 0 Å². The van der Waals surface area contributed by atoms with E-state index < -0.39 is 12.1 Å². The number of rotatable bonds is 11. The lowest BCUT2D eigenvalue weighted by Crippen LogP contribution is -2.52. The Kier molecular flexibility index (Phi) is 10.2. The van der Waals surface area contributed by atoms with E-state index in [1.807, 2.05) is 19.9 Å². The Bertz CT molecular complexity index is 355. The lowest BCUT2D eigenvalue weighted by molar-refractivity contribution is -0.131. The Labute approximate surface area is 127 Å². The maximum absolute atomic E-state index is 12.1. The minimum atomic E-state index is -0.593. The van der Waals surface area contributed by atoms with Crippen LogP contribution in [0.25, 0.3) is 0 Å². The molecule has 2 N–H and O–H groups in total. The van der Waals surface area contributed by atoms with Gasteiger partial charge in [0.25, 0.3) is 0 Å². The van der Waals surface area contributed by atoms with Crippen molar-refractivity contribution in [1.82, 2.24) is 10.6 Å². The molecule has 0 spiro atoms. The summed E-state index contributed by atoms with van der Waals surface area (Å²) in [5, 5.41) is 5.37. The van der Waals surface area contributed by atoms with Crippen molar-refractivity contribution in [2.45, 2.75) is 65.0 Å². The van der Waals surface area contributed by atoms with Gasteiger partial charge in [-0.15, -0.1) is 6.58 Å². The van der Waals surface area contributed by atoms with Crippen molar-refractivity contribution in [2.75, 3.05) is 0 Å². The van der Waals surface area contributed by atoms with Gasteiger partial charge >= 0.3 is 0 Å². The predicted molar refractivity (Wildman–Crippen MR) is 83.7 cm³/mol. The molecular formula is C16H28N2O3. The number of nitrogens with one attached hydrogen (secondary N) is 2. The molecule has 5 heteroatoms. The highest BCUT2D eigenvalue weighted by Crippen LogP contribution is 2.09. The third kappa shape index (κ3) is 8.27. The summed E-state index contributed by atoms with van der Waals surface area (Å²) in [6.45, 7) is 9.12. The molecule has 0 saturated heterocycles. The second-order valence-corrected chi connectivity index (χ2v) is 5.40. The molecule has 0 fully saturated rings. The first-order chi connectivity index (χ1) is 9.96. The Morgan fingerprint density at radius 3 is 2.38 bits per heavy atom. The van der Waals surface area contributed by atoms with E-state index in [9.17, 15) is 14.4 Å². The molecule has 0 aromatic carbocycles. The van der Waals surface area contributed by atoms with Crippen LogP contribution >= 0.6 is 0 Å².